The third kappa shape index (κ3) is 5.39. The summed E-state index contributed by atoms with van der Waals surface area (Å²) >= 11 is 1.58. The molecule has 1 N–H and O–H groups in total. The second-order valence-corrected chi connectivity index (χ2v) is 8.92. The summed E-state index contributed by atoms with van der Waals surface area (Å²) in [5, 5.41) is 5.22. The molecule has 3 aromatic rings. The standard InChI is InChI=1S/C25H27N3O2S/c29-24(27-20-12-5-2-6-13-20)23(19-10-3-1-4-11-19)28(18-21-14-9-17-31-21)25(30)22-15-7-8-16-26-22/h1,3-4,7-11,14-17,20,23H,2,5-6,12-13,18H2,(H,27,29). The largest absolute Gasteiger partial charge is 0.351 e. The molecule has 0 spiro atoms. The maximum atomic E-state index is 13.6. The lowest BCUT2D eigenvalue weighted by Crippen LogP contribution is -2.46. The van der Waals surface area contributed by atoms with E-state index in [9.17, 15) is 9.59 Å². The van der Waals surface area contributed by atoms with Crippen molar-refractivity contribution in [1.29, 1.82) is 0 Å². The molecule has 0 radical (unpaired) electrons. The minimum absolute atomic E-state index is 0.126. The summed E-state index contributed by atoms with van der Waals surface area (Å²) in [5.74, 6) is -0.374. The Labute approximate surface area is 187 Å². The summed E-state index contributed by atoms with van der Waals surface area (Å²) in [4.78, 5) is 34.1. The zero-order valence-electron chi connectivity index (χ0n) is 17.4. The van der Waals surface area contributed by atoms with Crippen LogP contribution in [0.5, 0.6) is 0 Å². The highest BCUT2D eigenvalue weighted by atomic mass is 32.1. The monoisotopic (exact) mass is 433 g/mol. The van der Waals surface area contributed by atoms with E-state index in [2.05, 4.69) is 10.3 Å². The van der Waals surface area contributed by atoms with E-state index in [-0.39, 0.29) is 17.9 Å². The number of benzene rings is 1. The molecule has 1 saturated carbocycles. The predicted octanol–water partition coefficient (Wildman–Crippen LogP) is 4.98. The molecule has 2 amide bonds. The Morgan fingerprint density at radius 1 is 1.00 bits per heavy atom. The van der Waals surface area contributed by atoms with Gasteiger partial charge in [0.2, 0.25) is 5.91 Å². The van der Waals surface area contributed by atoms with Gasteiger partial charge >= 0.3 is 0 Å². The zero-order valence-corrected chi connectivity index (χ0v) is 18.3. The van der Waals surface area contributed by atoms with E-state index < -0.39 is 6.04 Å². The Kier molecular flexibility index (Phi) is 7.10. The molecule has 0 aliphatic heterocycles. The number of rotatable bonds is 7. The second kappa shape index (κ2) is 10.4. The molecule has 2 aromatic heterocycles. The Hall–Kier alpha value is -2.99. The minimum Gasteiger partial charge on any atom is -0.351 e. The van der Waals surface area contributed by atoms with Gasteiger partial charge in [0.15, 0.2) is 0 Å². The summed E-state index contributed by atoms with van der Waals surface area (Å²) in [6.07, 6.45) is 7.07. The van der Waals surface area contributed by atoms with Crippen LogP contribution in [0.1, 0.15) is 59.1 Å². The fourth-order valence-corrected chi connectivity index (χ4v) is 4.83. The average Bonchev–Trinajstić information content (AvgIpc) is 3.33. The fraction of sp³-hybridized carbons (Fsp3) is 0.320. The molecule has 6 heteroatoms. The molecule has 31 heavy (non-hydrogen) atoms. The van der Waals surface area contributed by atoms with Crippen LogP contribution in [-0.2, 0) is 11.3 Å². The van der Waals surface area contributed by atoms with Crippen LogP contribution in [0.25, 0.3) is 0 Å². The van der Waals surface area contributed by atoms with E-state index >= 15 is 0 Å². The summed E-state index contributed by atoms with van der Waals surface area (Å²) < 4.78 is 0. The van der Waals surface area contributed by atoms with Gasteiger partial charge in [-0.25, -0.2) is 0 Å². The van der Waals surface area contributed by atoms with Crippen LogP contribution < -0.4 is 5.32 Å². The van der Waals surface area contributed by atoms with E-state index in [0.29, 0.717) is 12.2 Å². The van der Waals surface area contributed by atoms with Crippen LogP contribution in [0.4, 0.5) is 0 Å². The first-order chi connectivity index (χ1) is 15.2. The van der Waals surface area contributed by atoms with Crippen LogP contribution in [0.15, 0.2) is 72.2 Å². The third-order valence-corrected chi connectivity index (χ3v) is 6.54. The molecule has 1 unspecified atom stereocenters. The smallest absolute Gasteiger partial charge is 0.273 e. The second-order valence-electron chi connectivity index (χ2n) is 7.88. The molecule has 5 nitrogen and oxygen atoms in total. The van der Waals surface area contributed by atoms with E-state index in [1.165, 1.54) is 6.42 Å². The first kappa shape index (κ1) is 21.2. The SMILES string of the molecule is O=C(NC1CCCCC1)C(c1ccccc1)N(Cc1cccs1)C(=O)c1ccccn1. The zero-order chi connectivity index (χ0) is 21.5. The summed E-state index contributed by atoms with van der Waals surface area (Å²) in [6, 6.07) is 18.2. The van der Waals surface area contributed by atoms with E-state index in [1.807, 2.05) is 47.8 Å². The van der Waals surface area contributed by atoms with Crippen molar-refractivity contribution in [2.24, 2.45) is 0 Å². The van der Waals surface area contributed by atoms with Crippen LogP contribution >= 0.6 is 11.3 Å². The lowest BCUT2D eigenvalue weighted by Gasteiger charge is -2.33. The number of hydrogen-bond donors (Lipinski definition) is 1. The lowest BCUT2D eigenvalue weighted by atomic mass is 9.94. The Balaban J connectivity index is 1.69. The van der Waals surface area contributed by atoms with Crippen molar-refractivity contribution in [3.8, 4) is 0 Å². The van der Waals surface area contributed by atoms with Gasteiger partial charge in [-0.05, 0) is 42.0 Å². The molecule has 0 bridgehead atoms. The Morgan fingerprint density at radius 2 is 1.77 bits per heavy atom. The van der Waals surface area contributed by atoms with Gasteiger partial charge in [-0.1, -0.05) is 61.7 Å². The highest BCUT2D eigenvalue weighted by molar-refractivity contribution is 7.09. The third-order valence-electron chi connectivity index (χ3n) is 5.68. The first-order valence-electron chi connectivity index (χ1n) is 10.8. The van der Waals surface area contributed by atoms with Crippen LogP contribution in [-0.4, -0.2) is 27.7 Å². The van der Waals surface area contributed by atoms with Crippen molar-refractivity contribution in [3.05, 3.63) is 88.4 Å². The fourth-order valence-electron chi connectivity index (χ4n) is 4.12. The molecule has 160 valence electrons. The molecule has 1 atom stereocenters. The topological polar surface area (TPSA) is 62.3 Å². The highest BCUT2D eigenvalue weighted by Gasteiger charge is 2.34. The first-order valence-corrected chi connectivity index (χ1v) is 11.7. The van der Waals surface area contributed by atoms with Gasteiger partial charge in [0.05, 0.1) is 6.54 Å². The van der Waals surface area contributed by atoms with Gasteiger partial charge in [0.25, 0.3) is 5.91 Å². The normalized spacial score (nSPS) is 15.2. The van der Waals surface area contributed by atoms with E-state index in [4.69, 9.17) is 0 Å². The molecule has 4 rings (SSSR count). The van der Waals surface area contributed by atoms with Gasteiger partial charge in [-0.15, -0.1) is 11.3 Å². The molecule has 1 aromatic carbocycles. The van der Waals surface area contributed by atoms with Crippen molar-refractivity contribution in [2.45, 2.75) is 50.7 Å². The molecule has 1 fully saturated rings. The Morgan fingerprint density at radius 3 is 2.45 bits per heavy atom. The van der Waals surface area contributed by atoms with Crippen molar-refractivity contribution >= 4 is 23.2 Å². The minimum atomic E-state index is -0.722. The highest BCUT2D eigenvalue weighted by Crippen LogP contribution is 2.28. The van der Waals surface area contributed by atoms with E-state index in [1.54, 1.807) is 40.6 Å². The average molecular weight is 434 g/mol. The van der Waals surface area contributed by atoms with Crippen molar-refractivity contribution in [1.82, 2.24) is 15.2 Å². The maximum Gasteiger partial charge on any atom is 0.273 e. The number of thiophene rings is 1. The maximum absolute atomic E-state index is 13.6. The van der Waals surface area contributed by atoms with Crippen LogP contribution in [0.3, 0.4) is 0 Å². The van der Waals surface area contributed by atoms with Crippen molar-refractivity contribution < 1.29 is 9.59 Å². The quantitative estimate of drug-likeness (QED) is 0.572. The van der Waals surface area contributed by atoms with Gasteiger partial charge in [-0.2, -0.15) is 0 Å². The van der Waals surface area contributed by atoms with E-state index in [0.717, 1.165) is 36.1 Å². The van der Waals surface area contributed by atoms with Gasteiger partial charge in [-0.3, -0.25) is 14.6 Å². The van der Waals surface area contributed by atoms with Gasteiger partial charge in [0, 0.05) is 17.1 Å². The number of hydrogen-bond acceptors (Lipinski definition) is 4. The number of amides is 2. The molecule has 1 aliphatic rings. The Bertz CT molecular complexity index is 971. The number of pyridine rings is 1. The summed E-state index contributed by atoms with van der Waals surface area (Å²) in [5.41, 5.74) is 1.14. The predicted molar refractivity (Wildman–Crippen MR) is 123 cm³/mol. The molecular weight excluding hydrogens is 406 g/mol. The number of aromatic nitrogens is 1. The lowest BCUT2D eigenvalue weighted by molar-refractivity contribution is -0.127. The number of nitrogens with zero attached hydrogens (tertiary/aromatic N) is 2. The summed E-state index contributed by atoms with van der Waals surface area (Å²) in [6.45, 7) is 0.352. The van der Waals surface area contributed by atoms with Gasteiger partial charge < -0.3 is 10.2 Å². The van der Waals surface area contributed by atoms with Crippen LogP contribution in [0.2, 0.25) is 0 Å². The van der Waals surface area contributed by atoms with Crippen LogP contribution in [0, 0.1) is 0 Å². The molecule has 0 saturated heterocycles. The number of carbonyl (C=O) groups is 2. The molecular formula is C25H27N3O2S. The van der Waals surface area contributed by atoms with Gasteiger partial charge in [0.1, 0.15) is 11.7 Å². The summed E-state index contributed by atoms with van der Waals surface area (Å²) in [7, 11) is 0. The molecule has 2 heterocycles. The molecule has 1 aliphatic carbocycles. The number of carbonyl (C=O) groups excluding carboxylic acids is 2. The van der Waals surface area contributed by atoms with Crippen molar-refractivity contribution in [2.75, 3.05) is 0 Å². The van der Waals surface area contributed by atoms with Crippen molar-refractivity contribution in [3.63, 3.8) is 0 Å². The number of nitrogens with one attached hydrogen (secondary N) is 1.